The Hall–Kier alpha value is -1.52. The predicted octanol–water partition coefficient (Wildman–Crippen LogP) is 2.96. The summed E-state index contributed by atoms with van der Waals surface area (Å²) in [5.74, 6) is 1.04. The number of imidazole rings is 1. The van der Waals surface area contributed by atoms with Crippen molar-refractivity contribution in [2.45, 2.75) is 32.0 Å². The van der Waals surface area contributed by atoms with E-state index in [2.05, 4.69) is 28.3 Å². The van der Waals surface area contributed by atoms with Crippen LogP contribution in [0.15, 0.2) is 30.6 Å². The van der Waals surface area contributed by atoms with Crippen LogP contribution in [0.5, 0.6) is 0 Å². The number of nitrogens with one attached hydrogen (secondary N) is 1. The van der Waals surface area contributed by atoms with E-state index >= 15 is 0 Å². The summed E-state index contributed by atoms with van der Waals surface area (Å²) in [5, 5.41) is 4.37. The zero-order valence-corrected chi connectivity index (χ0v) is 13.3. The Kier molecular flexibility index (Phi) is 4.17. The summed E-state index contributed by atoms with van der Waals surface area (Å²) in [6.07, 6.45) is 6.36. The maximum absolute atomic E-state index is 6.40. The lowest BCUT2D eigenvalue weighted by Crippen LogP contribution is -2.23. The highest BCUT2D eigenvalue weighted by molar-refractivity contribution is 6.31. The number of rotatable bonds is 6. The van der Waals surface area contributed by atoms with Crippen LogP contribution in [0.25, 0.3) is 0 Å². The lowest BCUT2D eigenvalue weighted by Gasteiger charge is -2.23. The third-order valence-corrected chi connectivity index (χ3v) is 4.30. The molecule has 1 fully saturated rings. The molecule has 0 aliphatic heterocycles. The van der Waals surface area contributed by atoms with Gasteiger partial charge in [0.1, 0.15) is 5.82 Å². The first-order chi connectivity index (χ1) is 10.1. The SMILES string of the molecule is CN(Cc1nccn1C)c1cccc(Cl)c1CNC1CC1. The van der Waals surface area contributed by atoms with Crippen LogP contribution in [0.1, 0.15) is 24.2 Å². The van der Waals surface area contributed by atoms with Crippen molar-refractivity contribution in [3.8, 4) is 0 Å². The van der Waals surface area contributed by atoms with Crippen LogP contribution in [0.4, 0.5) is 5.69 Å². The summed E-state index contributed by atoms with van der Waals surface area (Å²) in [7, 11) is 4.10. The second kappa shape index (κ2) is 6.08. The first kappa shape index (κ1) is 14.4. The van der Waals surface area contributed by atoms with Gasteiger partial charge in [0.2, 0.25) is 0 Å². The molecule has 0 spiro atoms. The van der Waals surface area contributed by atoms with Gasteiger partial charge < -0.3 is 14.8 Å². The topological polar surface area (TPSA) is 33.1 Å². The lowest BCUT2D eigenvalue weighted by atomic mass is 10.1. The van der Waals surface area contributed by atoms with E-state index in [1.165, 1.54) is 24.1 Å². The van der Waals surface area contributed by atoms with Gasteiger partial charge in [0.15, 0.2) is 0 Å². The van der Waals surface area contributed by atoms with E-state index in [-0.39, 0.29) is 0 Å². The molecule has 0 amide bonds. The van der Waals surface area contributed by atoms with Crippen LogP contribution in [-0.2, 0) is 20.1 Å². The Balaban J connectivity index is 1.79. The van der Waals surface area contributed by atoms with Crippen molar-refractivity contribution in [2.75, 3.05) is 11.9 Å². The number of aromatic nitrogens is 2. The quantitative estimate of drug-likeness (QED) is 0.891. The van der Waals surface area contributed by atoms with Crippen molar-refractivity contribution in [3.63, 3.8) is 0 Å². The molecule has 1 saturated carbocycles. The highest BCUT2D eigenvalue weighted by Crippen LogP contribution is 2.29. The number of hydrogen-bond donors (Lipinski definition) is 1. The van der Waals surface area contributed by atoms with Crippen molar-refractivity contribution < 1.29 is 0 Å². The van der Waals surface area contributed by atoms with Crippen LogP contribution in [0.2, 0.25) is 5.02 Å². The second-order valence-corrected chi connectivity index (χ2v) is 6.11. The molecular formula is C16H21ClN4. The monoisotopic (exact) mass is 304 g/mol. The summed E-state index contributed by atoms with van der Waals surface area (Å²) >= 11 is 6.40. The zero-order valence-electron chi connectivity index (χ0n) is 12.5. The smallest absolute Gasteiger partial charge is 0.127 e. The largest absolute Gasteiger partial charge is 0.367 e. The molecule has 2 aromatic rings. The first-order valence-corrected chi connectivity index (χ1v) is 7.71. The number of benzene rings is 1. The van der Waals surface area contributed by atoms with Gasteiger partial charge in [-0.25, -0.2) is 4.98 Å². The van der Waals surface area contributed by atoms with Gasteiger partial charge in [0.05, 0.1) is 6.54 Å². The van der Waals surface area contributed by atoms with Crippen molar-refractivity contribution in [3.05, 3.63) is 47.0 Å². The molecule has 1 aromatic carbocycles. The Morgan fingerprint density at radius 3 is 2.90 bits per heavy atom. The summed E-state index contributed by atoms with van der Waals surface area (Å²) in [5.41, 5.74) is 2.33. The molecule has 0 unspecified atom stereocenters. The Morgan fingerprint density at radius 1 is 1.43 bits per heavy atom. The fraction of sp³-hybridized carbons (Fsp3) is 0.438. The highest BCUT2D eigenvalue weighted by atomic mass is 35.5. The summed E-state index contributed by atoms with van der Waals surface area (Å²) in [6.45, 7) is 1.59. The van der Waals surface area contributed by atoms with Gasteiger partial charge in [-0.1, -0.05) is 17.7 Å². The van der Waals surface area contributed by atoms with Crippen molar-refractivity contribution in [1.29, 1.82) is 0 Å². The average Bonchev–Trinajstić information content (AvgIpc) is 3.21. The molecule has 112 valence electrons. The molecule has 1 heterocycles. The minimum Gasteiger partial charge on any atom is -0.367 e. The van der Waals surface area contributed by atoms with Gasteiger partial charge in [-0.05, 0) is 25.0 Å². The van der Waals surface area contributed by atoms with E-state index in [0.29, 0.717) is 6.04 Å². The average molecular weight is 305 g/mol. The van der Waals surface area contributed by atoms with Crippen LogP contribution >= 0.6 is 11.6 Å². The number of anilines is 1. The second-order valence-electron chi connectivity index (χ2n) is 5.70. The normalized spacial score (nSPS) is 14.4. The number of halogens is 1. The molecule has 5 heteroatoms. The first-order valence-electron chi connectivity index (χ1n) is 7.33. The van der Waals surface area contributed by atoms with E-state index in [4.69, 9.17) is 11.6 Å². The van der Waals surface area contributed by atoms with E-state index in [9.17, 15) is 0 Å². The Labute approximate surface area is 130 Å². The van der Waals surface area contributed by atoms with Crippen LogP contribution in [0, 0.1) is 0 Å². The summed E-state index contributed by atoms with van der Waals surface area (Å²) < 4.78 is 2.04. The Bertz CT molecular complexity index is 618. The van der Waals surface area contributed by atoms with Crippen LogP contribution < -0.4 is 10.2 Å². The van der Waals surface area contributed by atoms with Crippen LogP contribution in [0.3, 0.4) is 0 Å². The van der Waals surface area contributed by atoms with Gasteiger partial charge in [-0.3, -0.25) is 0 Å². The molecule has 0 saturated heterocycles. The molecule has 0 bridgehead atoms. The predicted molar refractivity (Wildman–Crippen MR) is 86.6 cm³/mol. The molecular weight excluding hydrogens is 284 g/mol. The fourth-order valence-electron chi connectivity index (χ4n) is 2.46. The minimum absolute atomic E-state index is 0.675. The summed E-state index contributed by atoms with van der Waals surface area (Å²) in [6, 6.07) is 6.77. The minimum atomic E-state index is 0.675. The molecule has 1 aromatic heterocycles. The van der Waals surface area contributed by atoms with Crippen molar-refractivity contribution in [1.82, 2.24) is 14.9 Å². The molecule has 21 heavy (non-hydrogen) atoms. The van der Waals surface area contributed by atoms with Gasteiger partial charge in [-0.2, -0.15) is 0 Å². The van der Waals surface area contributed by atoms with Gasteiger partial charge >= 0.3 is 0 Å². The molecule has 1 N–H and O–H groups in total. The fourth-order valence-corrected chi connectivity index (χ4v) is 2.70. The Morgan fingerprint density at radius 2 is 2.24 bits per heavy atom. The van der Waals surface area contributed by atoms with E-state index in [1.54, 1.807) is 0 Å². The maximum atomic E-state index is 6.40. The summed E-state index contributed by atoms with van der Waals surface area (Å²) in [4.78, 5) is 6.60. The third kappa shape index (κ3) is 3.39. The lowest BCUT2D eigenvalue weighted by molar-refractivity contribution is 0.683. The molecule has 1 aliphatic rings. The van der Waals surface area contributed by atoms with Crippen LogP contribution in [-0.4, -0.2) is 22.6 Å². The van der Waals surface area contributed by atoms with Crippen molar-refractivity contribution in [2.24, 2.45) is 7.05 Å². The molecule has 0 atom stereocenters. The van der Waals surface area contributed by atoms with E-state index in [1.807, 2.05) is 36.1 Å². The molecule has 4 nitrogen and oxygen atoms in total. The highest BCUT2D eigenvalue weighted by Gasteiger charge is 2.21. The molecule has 3 rings (SSSR count). The van der Waals surface area contributed by atoms with Crippen molar-refractivity contribution >= 4 is 17.3 Å². The van der Waals surface area contributed by atoms with Gasteiger partial charge in [0, 0.05) is 55.3 Å². The standard InChI is InChI=1S/C16H21ClN4/c1-20-9-8-18-16(20)11-21(2)15-5-3-4-14(17)13(15)10-19-12-6-7-12/h3-5,8-9,12,19H,6-7,10-11H2,1-2H3. The zero-order chi connectivity index (χ0) is 14.8. The number of nitrogens with zero attached hydrogens (tertiary/aromatic N) is 3. The van der Waals surface area contributed by atoms with E-state index < -0.39 is 0 Å². The van der Waals surface area contributed by atoms with E-state index in [0.717, 1.165) is 23.9 Å². The number of aryl methyl sites for hydroxylation is 1. The molecule has 1 aliphatic carbocycles. The third-order valence-electron chi connectivity index (χ3n) is 3.95. The van der Waals surface area contributed by atoms with Gasteiger partial charge in [-0.15, -0.1) is 0 Å². The number of hydrogen-bond acceptors (Lipinski definition) is 3. The van der Waals surface area contributed by atoms with Gasteiger partial charge in [0.25, 0.3) is 0 Å². The molecule has 0 radical (unpaired) electrons. The maximum Gasteiger partial charge on any atom is 0.127 e.